The molecule has 0 saturated carbocycles. The fourth-order valence-electron chi connectivity index (χ4n) is 3.00. The van der Waals surface area contributed by atoms with E-state index in [1.54, 1.807) is 25.3 Å². The van der Waals surface area contributed by atoms with Gasteiger partial charge < -0.3 is 15.2 Å². The Bertz CT molecular complexity index is 1060. The maximum absolute atomic E-state index is 14.6. The third kappa shape index (κ3) is 5.98. The van der Waals surface area contributed by atoms with Gasteiger partial charge in [-0.3, -0.25) is 0 Å². The molecule has 0 bridgehead atoms. The minimum absolute atomic E-state index is 0.303. The average Bonchev–Trinajstić information content (AvgIpc) is 3.09. The molecule has 0 aliphatic rings. The van der Waals surface area contributed by atoms with Crippen molar-refractivity contribution in [2.45, 2.75) is 42.3 Å². The summed E-state index contributed by atoms with van der Waals surface area (Å²) < 4.78 is 20.7. The minimum Gasteiger partial charge on any atom is -0.497 e. The molecule has 2 aromatic carbocycles. The van der Waals surface area contributed by atoms with Gasteiger partial charge in [0.05, 0.1) is 22.0 Å². The number of aromatic nitrogens is 1. The lowest BCUT2D eigenvalue weighted by atomic mass is 9.85. The fraction of sp³-hybridized carbons (Fsp3) is 0.304. The Hall–Kier alpha value is -2.58. The van der Waals surface area contributed by atoms with Gasteiger partial charge in [-0.05, 0) is 35.7 Å². The minimum atomic E-state index is -1.07. The quantitative estimate of drug-likeness (QED) is 0.431. The first-order valence-electron chi connectivity index (χ1n) is 9.73. The summed E-state index contributed by atoms with van der Waals surface area (Å²) in [5.74, 6) is 0.392. The maximum atomic E-state index is 14.6. The van der Waals surface area contributed by atoms with Gasteiger partial charge in [0.2, 0.25) is 0 Å². The molecule has 1 heterocycles. The van der Waals surface area contributed by atoms with Gasteiger partial charge in [0.15, 0.2) is 0 Å². The molecule has 3 rings (SSSR count). The number of amides is 1. The molecule has 1 unspecified atom stereocenters. The van der Waals surface area contributed by atoms with Gasteiger partial charge in [0.1, 0.15) is 11.6 Å². The highest BCUT2D eigenvalue weighted by Gasteiger charge is 2.28. The van der Waals surface area contributed by atoms with Crippen molar-refractivity contribution >= 4 is 29.2 Å². The standard InChI is InChI=1S/C23H25FN2O3S2/c1-23(2,3)18(25-22(27)28)13-19-26-20(16-10-5-6-11-17(16)24)21(31-19)30-15-9-7-8-14(12-15)29-4/h5-12,18,25H,13H2,1-4H3,(H,27,28). The van der Waals surface area contributed by atoms with Crippen molar-refractivity contribution in [2.75, 3.05) is 7.11 Å². The van der Waals surface area contributed by atoms with E-state index < -0.39 is 6.09 Å². The summed E-state index contributed by atoms with van der Waals surface area (Å²) in [6, 6.07) is 13.9. The molecule has 0 spiro atoms. The van der Waals surface area contributed by atoms with Crippen molar-refractivity contribution in [3.63, 3.8) is 0 Å². The molecule has 1 atom stereocenters. The highest BCUT2D eigenvalue weighted by molar-refractivity contribution is 8.01. The largest absolute Gasteiger partial charge is 0.497 e. The molecule has 2 N–H and O–H groups in total. The summed E-state index contributed by atoms with van der Waals surface area (Å²) in [7, 11) is 1.61. The van der Waals surface area contributed by atoms with Gasteiger partial charge in [-0.15, -0.1) is 11.3 Å². The zero-order valence-electron chi connectivity index (χ0n) is 17.8. The van der Waals surface area contributed by atoms with E-state index in [1.807, 2.05) is 45.0 Å². The zero-order valence-corrected chi connectivity index (χ0v) is 19.4. The molecule has 5 nitrogen and oxygen atoms in total. The number of thiazole rings is 1. The first-order valence-corrected chi connectivity index (χ1v) is 11.4. The van der Waals surface area contributed by atoms with Crippen molar-refractivity contribution in [1.29, 1.82) is 0 Å². The Morgan fingerprint density at radius 3 is 2.65 bits per heavy atom. The first-order chi connectivity index (χ1) is 14.7. The molecular weight excluding hydrogens is 435 g/mol. The first kappa shape index (κ1) is 23.1. The van der Waals surface area contributed by atoms with E-state index in [-0.39, 0.29) is 17.3 Å². The molecule has 1 aromatic heterocycles. The number of carboxylic acid groups (broad SMARTS) is 1. The SMILES string of the molecule is COc1cccc(Sc2sc(CC(NC(=O)O)C(C)(C)C)nc2-c2ccccc2F)c1. The Balaban J connectivity index is 2.01. The van der Waals surface area contributed by atoms with Crippen LogP contribution in [0.4, 0.5) is 9.18 Å². The van der Waals surface area contributed by atoms with Gasteiger partial charge in [-0.25, -0.2) is 14.2 Å². The Kier molecular flexibility index (Phi) is 7.23. The van der Waals surface area contributed by atoms with E-state index in [9.17, 15) is 14.3 Å². The van der Waals surface area contributed by atoms with Crippen LogP contribution < -0.4 is 10.1 Å². The van der Waals surface area contributed by atoms with Crippen LogP contribution in [0.15, 0.2) is 57.6 Å². The highest BCUT2D eigenvalue weighted by atomic mass is 32.2. The topological polar surface area (TPSA) is 71.5 Å². The fourth-order valence-corrected chi connectivity index (χ4v) is 5.38. The Labute approximate surface area is 189 Å². The van der Waals surface area contributed by atoms with Crippen LogP contribution in [0, 0.1) is 11.2 Å². The van der Waals surface area contributed by atoms with Crippen LogP contribution in [-0.4, -0.2) is 29.3 Å². The van der Waals surface area contributed by atoms with Crippen molar-refractivity contribution in [3.05, 3.63) is 59.4 Å². The summed E-state index contributed by atoms with van der Waals surface area (Å²) in [6.45, 7) is 5.93. The monoisotopic (exact) mass is 460 g/mol. The summed E-state index contributed by atoms with van der Waals surface area (Å²) in [5.41, 5.74) is 0.685. The van der Waals surface area contributed by atoms with Gasteiger partial charge in [-0.1, -0.05) is 50.7 Å². The van der Waals surface area contributed by atoms with Crippen LogP contribution >= 0.6 is 23.1 Å². The molecule has 31 heavy (non-hydrogen) atoms. The molecule has 0 aliphatic carbocycles. The second kappa shape index (κ2) is 9.70. The smallest absolute Gasteiger partial charge is 0.404 e. The van der Waals surface area contributed by atoms with E-state index in [0.717, 1.165) is 19.9 Å². The number of halogens is 1. The average molecular weight is 461 g/mol. The summed E-state index contributed by atoms with van der Waals surface area (Å²) in [4.78, 5) is 17.0. The van der Waals surface area contributed by atoms with Crippen molar-refractivity contribution in [3.8, 4) is 17.0 Å². The molecule has 3 aromatic rings. The number of ether oxygens (including phenoxy) is 1. The van der Waals surface area contributed by atoms with Crippen LogP contribution in [0.1, 0.15) is 25.8 Å². The second-order valence-electron chi connectivity index (χ2n) is 8.08. The van der Waals surface area contributed by atoms with Gasteiger partial charge in [-0.2, -0.15) is 0 Å². The lowest BCUT2D eigenvalue weighted by Gasteiger charge is -2.29. The molecule has 1 amide bonds. The lowest BCUT2D eigenvalue weighted by molar-refractivity contribution is 0.174. The summed E-state index contributed by atoms with van der Waals surface area (Å²) >= 11 is 2.94. The maximum Gasteiger partial charge on any atom is 0.404 e. The lowest BCUT2D eigenvalue weighted by Crippen LogP contribution is -2.44. The van der Waals surface area contributed by atoms with Crippen molar-refractivity contribution in [2.24, 2.45) is 5.41 Å². The van der Waals surface area contributed by atoms with E-state index in [2.05, 4.69) is 5.32 Å². The molecule has 0 fully saturated rings. The van der Waals surface area contributed by atoms with E-state index >= 15 is 0 Å². The van der Waals surface area contributed by atoms with Crippen LogP contribution in [0.2, 0.25) is 0 Å². The van der Waals surface area contributed by atoms with Crippen molar-refractivity contribution in [1.82, 2.24) is 10.3 Å². The Morgan fingerprint density at radius 2 is 2.00 bits per heavy atom. The van der Waals surface area contributed by atoms with E-state index in [4.69, 9.17) is 9.72 Å². The third-order valence-corrected chi connectivity index (χ3v) is 6.98. The molecule has 0 radical (unpaired) electrons. The number of hydrogen-bond donors (Lipinski definition) is 2. The predicted molar refractivity (Wildman–Crippen MR) is 123 cm³/mol. The number of methoxy groups -OCH3 is 1. The Morgan fingerprint density at radius 1 is 1.26 bits per heavy atom. The van der Waals surface area contributed by atoms with Gasteiger partial charge in [0, 0.05) is 22.9 Å². The number of nitrogens with one attached hydrogen (secondary N) is 1. The summed E-state index contributed by atoms with van der Waals surface area (Å²) in [6.07, 6.45) is -0.655. The van der Waals surface area contributed by atoms with Crippen LogP contribution in [0.5, 0.6) is 5.75 Å². The summed E-state index contributed by atoms with van der Waals surface area (Å²) in [5, 5.41) is 12.6. The van der Waals surface area contributed by atoms with E-state index in [1.165, 1.54) is 29.2 Å². The molecule has 0 aliphatic heterocycles. The molecular formula is C23H25FN2O3S2. The number of benzene rings is 2. The number of carbonyl (C=O) groups is 1. The zero-order chi connectivity index (χ0) is 22.6. The van der Waals surface area contributed by atoms with Gasteiger partial charge in [0.25, 0.3) is 0 Å². The predicted octanol–water partition coefficient (Wildman–Crippen LogP) is 6.33. The molecule has 8 heteroatoms. The normalized spacial score (nSPS) is 12.4. The molecule has 0 saturated heterocycles. The van der Waals surface area contributed by atoms with Crippen LogP contribution in [-0.2, 0) is 6.42 Å². The number of rotatable bonds is 7. The second-order valence-corrected chi connectivity index (χ2v) is 10.5. The van der Waals surface area contributed by atoms with Gasteiger partial charge >= 0.3 is 6.09 Å². The van der Waals surface area contributed by atoms with Crippen molar-refractivity contribution < 1.29 is 19.0 Å². The highest BCUT2D eigenvalue weighted by Crippen LogP contribution is 2.42. The number of nitrogens with zero attached hydrogens (tertiary/aromatic N) is 1. The van der Waals surface area contributed by atoms with Crippen LogP contribution in [0.25, 0.3) is 11.3 Å². The molecule has 164 valence electrons. The van der Waals surface area contributed by atoms with Crippen LogP contribution in [0.3, 0.4) is 0 Å². The van der Waals surface area contributed by atoms with E-state index in [0.29, 0.717) is 17.7 Å². The third-order valence-electron chi connectivity index (χ3n) is 4.74. The number of hydrogen-bond acceptors (Lipinski definition) is 5.